The summed E-state index contributed by atoms with van der Waals surface area (Å²) in [5.74, 6) is 4.11. The van der Waals surface area contributed by atoms with E-state index in [0.717, 1.165) is 49.5 Å². The van der Waals surface area contributed by atoms with Gasteiger partial charge in [0.1, 0.15) is 23.3 Å². The number of hydrogen-bond donors (Lipinski definition) is 0. The van der Waals surface area contributed by atoms with Gasteiger partial charge in [-0.3, -0.25) is 0 Å². The summed E-state index contributed by atoms with van der Waals surface area (Å²) in [5, 5.41) is 0. The molecule has 2 aromatic rings. The Balaban J connectivity index is 1.68. The minimum absolute atomic E-state index is 0.352. The van der Waals surface area contributed by atoms with Crippen molar-refractivity contribution < 1.29 is 0 Å². The number of hydrogen-bond acceptors (Lipinski definition) is 6. The summed E-state index contributed by atoms with van der Waals surface area (Å²) >= 11 is 0. The lowest BCUT2D eigenvalue weighted by Gasteiger charge is -2.36. The highest BCUT2D eigenvalue weighted by molar-refractivity contribution is 5.44. The van der Waals surface area contributed by atoms with Crippen molar-refractivity contribution in [1.29, 1.82) is 0 Å². The van der Waals surface area contributed by atoms with Gasteiger partial charge < -0.3 is 9.80 Å². The molecule has 0 unspecified atom stereocenters. The lowest BCUT2D eigenvalue weighted by molar-refractivity contribution is 0.635. The first-order chi connectivity index (χ1) is 10.6. The van der Waals surface area contributed by atoms with Gasteiger partial charge in [-0.1, -0.05) is 13.8 Å². The van der Waals surface area contributed by atoms with Crippen molar-refractivity contribution in [3.8, 4) is 0 Å². The van der Waals surface area contributed by atoms with Gasteiger partial charge in [-0.15, -0.1) is 0 Å². The van der Waals surface area contributed by atoms with E-state index in [0.29, 0.717) is 5.92 Å². The van der Waals surface area contributed by atoms with Gasteiger partial charge in [0.25, 0.3) is 0 Å². The molecule has 0 bridgehead atoms. The standard InChI is InChI=1S/C16H22N6/c1-12(2)16-18-7-5-15(20-16)22-10-8-21(9-11-22)14-4-6-17-13(3)19-14/h4-7,12H,8-11H2,1-3H3. The number of aromatic nitrogens is 4. The molecule has 3 heterocycles. The van der Waals surface area contributed by atoms with Crippen LogP contribution in [0.3, 0.4) is 0 Å². The highest BCUT2D eigenvalue weighted by Crippen LogP contribution is 2.19. The summed E-state index contributed by atoms with van der Waals surface area (Å²) in [6.07, 6.45) is 3.68. The summed E-state index contributed by atoms with van der Waals surface area (Å²) in [7, 11) is 0. The lowest BCUT2D eigenvalue weighted by atomic mass is 10.2. The summed E-state index contributed by atoms with van der Waals surface area (Å²) < 4.78 is 0. The molecule has 1 fully saturated rings. The highest BCUT2D eigenvalue weighted by Gasteiger charge is 2.19. The van der Waals surface area contributed by atoms with Gasteiger partial charge in [0, 0.05) is 44.5 Å². The van der Waals surface area contributed by atoms with Crippen molar-refractivity contribution in [3.05, 3.63) is 36.2 Å². The molecular weight excluding hydrogens is 276 g/mol. The van der Waals surface area contributed by atoms with Gasteiger partial charge in [0.2, 0.25) is 0 Å². The van der Waals surface area contributed by atoms with E-state index in [4.69, 9.17) is 0 Å². The quantitative estimate of drug-likeness (QED) is 0.864. The Morgan fingerprint density at radius 2 is 1.41 bits per heavy atom. The largest absolute Gasteiger partial charge is 0.353 e. The Morgan fingerprint density at radius 1 is 0.864 bits per heavy atom. The number of anilines is 2. The fourth-order valence-electron chi connectivity index (χ4n) is 2.60. The van der Waals surface area contributed by atoms with Crippen molar-refractivity contribution in [3.63, 3.8) is 0 Å². The Hall–Kier alpha value is -2.24. The predicted octanol–water partition coefficient (Wildman–Crippen LogP) is 2.03. The number of nitrogens with zero attached hydrogens (tertiary/aromatic N) is 6. The van der Waals surface area contributed by atoms with Crippen molar-refractivity contribution in [2.45, 2.75) is 26.7 Å². The van der Waals surface area contributed by atoms with Crippen LogP contribution in [-0.2, 0) is 0 Å². The summed E-state index contributed by atoms with van der Waals surface area (Å²) in [6.45, 7) is 9.93. The molecule has 0 atom stereocenters. The van der Waals surface area contributed by atoms with Gasteiger partial charge >= 0.3 is 0 Å². The summed E-state index contributed by atoms with van der Waals surface area (Å²) in [5.41, 5.74) is 0. The zero-order chi connectivity index (χ0) is 15.5. The Labute approximate surface area is 131 Å². The molecule has 0 saturated carbocycles. The fraction of sp³-hybridized carbons (Fsp3) is 0.500. The van der Waals surface area contributed by atoms with E-state index in [-0.39, 0.29) is 0 Å². The molecule has 1 aliphatic heterocycles. The first-order valence-corrected chi connectivity index (χ1v) is 7.76. The third-order valence-electron chi connectivity index (χ3n) is 3.86. The zero-order valence-electron chi connectivity index (χ0n) is 13.4. The minimum Gasteiger partial charge on any atom is -0.353 e. The highest BCUT2D eigenvalue weighted by atomic mass is 15.3. The maximum absolute atomic E-state index is 4.68. The topological polar surface area (TPSA) is 58.0 Å². The predicted molar refractivity (Wildman–Crippen MR) is 87.3 cm³/mol. The van der Waals surface area contributed by atoms with E-state index < -0.39 is 0 Å². The average molecular weight is 298 g/mol. The molecule has 0 aliphatic carbocycles. The van der Waals surface area contributed by atoms with Gasteiger partial charge in [-0.25, -0.2) is 19.9 Å². The van der Waals surface area contributed by atoms with E-state index in [2.05, 4.69) is 43.6 Å². The minimum atomic E-state index is 0.352. The third-order valence-corrected chi connectivity index (χ3v) is 3.86. The van der Waals surface area contributed by atoms with Crippen molar-refractivity contribution in [1.82, 2.24) is 19.9 Å². The lowest BCUT2D eigenvalue weighted by Crippen LogP contribution is -2.47. The van der Waals surface area contributed by atoms with Crippen molar-refractivity contribution in [2.75, 3.05) is 36.0 Å². The van der Waals surface area contributed by atoms with E-state index in [1.165, 1.54) is 0 Å². The van der Waals surface area contributed by atoms with Crippen molar-refractivity contribution >= 4 is 11.6 Å². The Kier molecular flexibility index (Phi) is 4.18. The van der Waals surface area contributed by atoms with Crippen LogP contribution in [0.5, 0.6) is 0 Å². The molecule has 2 aromatic heterocycles. The smallest absolute Gasteiger partial charge is 0.133 e. The number of piperazine rings is 1. The Morgan fingerprint density at radius 3 is 1.95 bits per heavy atom. The molecule has 0 aromatic carbocycles. The summed E-state index contributed by atoms with van der Waals surface area (Å²) in [6, 6.07) is 3.97. The van der Waals surface area contributed by atoms with Gasteiger partial charge in [-0.05, 0) is 19.1 Å². The molecule has 0 spiro atoms. The molecule has 0 N–H and O–H groups in total. The molecular formula is C16H22N6. The third kappa shape index (κ3) is 3.16. The van der Waals surface area contributed by atoms with Gasteiger partial charge in [0.15, 0.2) is 0 Å². The van der Waals surface area contributed by atoms with Crippen LogP contribution in [0.4, 0.5) is 11.6 Å². The second kappa shape index (κ2) is 6.25. The van der Waals surface area contributed by atoms with E-state index >= 15 is 0 Å². The molecule has 116 valence electrons. The van der Waals surface area contributed by atoms with Crippen molar-refractivity contribution in [2.24, 2.45) is 0 Å². The monoisotopic (exact) mass is 298 g/mol. The molecule has 0 amide bonds. The first kappa shape index (κ1) is 14.7. The van der Waals surface area contributed by atoms with E-state index in [9.17, 15) is 0 Å². The normalized spacial score (nSPS) is 15.5. The van der Waals surface area contributed by atoms with Crippen LogP contribution in [0.1, 0.15) is 31.4 Å². The SMILES string of the molecule is Cc1nccc(N2CCN(c3ccnc(C(C)C)n3)CC2)n1. The van der Waals surface area contributed by atoms with Crippen LogP contribution in [-0.4, -0.2) is 46.1 Å². The van der Waals surface area contributed by atoms with Crippen LogP contribution < -0.4 is 9.80 Å². The molecule has 6 nitrogen and oxygen atoms in total. The van der Waals surface area contributed by atoms with Crippen LogP contribution in [0.25, 0.3) is 0 Å². The van der Waals surface area contributed by atoms with Crippen LogP contribution >= 0.6 is 0 Å². The molecule has 1 aliphatic rings. The second-order valence-electron chi connectivity index (χ2n) is 5.86. The first-order valence-electron chi connectivity index (χ1n) is 7.76. The second-order valence-corrected chi connectivity index (χ2v) is 5.86. The molecule has 3 rings (SSSR count). The maximum atomic E-state index is 4.68. The molecule has 22 heavy (non-hydrogen) atoms. The van der Waals surface area contributed by atoms with E-state index in [1.807, 2.05) is 31.5 Å². The molecule has 1 saturated heterocycles. The number of aryl methyl sites for hydroxylation is 1. The zero-order valence-corrected chi connectivity index (χ0v) is 13.4. The van der Waals surface area contributed by atoms with E-state index in [1.54, 1.807) is 0 Å². The van der Waals surface area contributed by atoms with Crippen LogP contribution in [0.15, 0.2) is 24.5 Å². The van der Waals surface area contributed by atoms with Crippen LogP contribution in [0, 0.1) is 6.92 Å². The van der Waals surface area contributed by atoms with Crippen LogP contribution in [0.2, 0.25) is 0 Å². The fourth-order valence-corrected chi connectivity index (χ4v) is 2.60. The molecule has 0 radical (unpaired) electrons. The number of rotatable bonds is 3. The van der Waals surface area contributed by atoms with Gasteiger partial charge in [-0.2, -0.15) is 0 Å². The average Bonchev–Trinajstić information content (AvgIpc) is 2.55. The molecule has 6 heteroatoms. The van der Waals surface area contributed by atoms with Gasteiger partial charge in [0.05, 0.1) is 0 Å². The summed E-state index contributed by atoms with van der Waals surface area (Å²) in [4.78, 5) is 22.3. The maximum Gasteiger partial charge on any atom is 0.133 e. The Bertz CT molecular complexity index is 634.